The van der Waals surface area contributed by atoms with Gasteiger partial charge in [0.1, 0.15) is 0 Å². The molecule has 2 unspecified atom stereocenters. The van der Waals surface area contributed by atoms with E-state index in [1.165, 1.54) is 11.3 Å². The molecule has 1 aliphatic heterocycles. The lowest BCUT2D eigenvalue weighted by Crippen LogP contribution is -2.50. The maximum atomic E-state index is 12.3. The summed E-state index contributed by atoms with van der Waals surface area (Å²) in [5.74, 6) is 0.908. The van der Waals surface area contributed by atoms with E-state index in [1.54, 1.807) is 11.3 Å². The van der Waals surface area contributed by atoms with Crippen LogP contribution in [0.3, 0.4) is 0 Å². The first-order chi connectivity index (χ1) is 9.60. The lowest BCUT2D eigenvalue weighted by molar-refractivity contribution is -0.132. The second kappa shape index (κ2) is 7.20. The van der Waals surface area contributed by atoms with E-state index in [2.05, 4.69) is 17.9 Å². The van der Waals surface area contributed by atoms with Gasteiger partial charge in [0.05, 0.1) is 13.1 Å². The standard InChI is InChI=1S/C15H25N3OS/c1-12-5-6-18(13(8-12)9-16)11-15(19)17(2)10-14-4-3-7-20-14/h3-4,7,12-13H,5-6,8-11,16H2,1-2H3. The molecule has 2 heterocycles. The van der Waals surface area contributed by atoms with Gasteiger partial charge in [0.2, 0.25) is 5.91 Å². The Labute approximate surface area is 125 Å². The SMILES string of the molecule is CC1CCN(CC(=O)N(C)Cc2cccs2)C(CN)C1. The molecule has 0 saturated carbocycles. The van der Waals surface area contributed by atoms with Crippen molar-refractivity contribution in [1.29, 1.82) is 0 Å². The van der Waals surface area contributed by atoms with E-state index in [1.807, 2.05) is 23.4 Å². The Hall–Kier alpha value is -0.910. The van der Waals surface area contributed by atoms with Gasteiger partial charge in [0.25, 0.3) is 0 Å². The second-order valence-corrected chi connectivity index (χ2v) is 6.85. The molecule has 2 rings (SSSR count). The topological polar surface area (TPSA) is 49.6 Å². The van der Waals surface area contributed by atoms with Gasteiger partial charge in [-0.2, -0.15) is 0 Å². The van der Waals surface area contributed by atoms with Gasteiger partial charge in [-0.3, -0.25) is 9.69 Å². The van der Waals surface area contributed by atoms with E-state index >= 15 is 0 Å². The van der Waals surface area contributed by atoms with Crippen LogP contribution in [0.15, 0.2) is 17.5 Å². The smallest absolute Gasteiger partial charge is 0.236 e. The van der Waals surface area contributed by atoms with Crippen LogP contribution in [0.4, 0.5) is 0 Å². The molecule has 1 amide bonds. The molecule has 0 radical (unpaired) electrons. The van der Waals surface area contributed by atoms with E-state index in [4.69, 9.17) is 5.73 Å². The van der Waals surface area contributed by atoms with Crippen molar-refractivity contribution >= 4 is 17.2 Å². The predicted octanol–water partition coefficient (Wildman–Crippen LogP) is 1.77. The number of piperidine rings is 1. The number of likely N-dealkylation sites (N-methyl/N-ethyl adjacent to an activating group) is 1. The summed E-state index contributed by atoms with van der Waals surface area (Å²) in [6.45, 7) is 5.10. The summed E-state index contributed by atoms with van der Waals surface area (Å²) in [5.41, 5.74) is 5.85. The zero-order valence-electron chi connectivity index (χ0n) is 12.4. The largest absolute Gasteiger partial charge is 0.340 e. The minimum absolute atomic E-state index is 0.186. The highest BCUT2D eigenvalue weighted by atomic mass is 32.1. The van der Waals surface area contributed by atoms with Crippen molar-refractivity contribution in [2.24, 2.45) is 11.7 Å². The van der Waals surface area contributed by atoms with Gasteiger partial charge in [0, 0.05) is 24.5 Å². The number of hydrogen-bond acceptors (Lipinski definition) is 4. The molecule has 1 aromatic heterocycles. The Morgan fingerprint density at radius 3 is 3.05 bits per heavy atom. The fourth-order valence-corrected chi connectivity index (χ4v) is 3.53. The first kappa shape index (κ1) is 15.5. The number of hydrogen-bond donors (Lipinski definition) is 1. The molecule has 1 aliphatic rings. The van der Waals surface area contributed by atoms with E-state index < -0.39 is 0 Å². The summed E-state index contributed by atoms with van der Waals surface area (Å²) in [4.78, 5) is 17.6. The van der Waals surface area contributed by atoms with Gasteiger partial charge in [-0.25, -0.2) is 0 Å². The average molecular weight is 295 g/mol. The van der Waals surface area contributed by atoms with E-state index in [9.17, 15) is 4.79 Å². The number of thiophene rings is 1. The van der Waals surface area contributed by atoms with Gasteiger partial charge in [-0.1, -0.05) is 13.0 Å². The lowest BCUT2D eigenvalue weighted by Gasteiger charge is -2.38. The van der Waals surface area contributed by atoms with Crippen LogP contribution < -0.4 is 5.73 Å². The Bertz CT molecular complexity index is 421. The average Bonchev–Trinajstić information content (AvgIpc) is 2.93. The number of likely N-dealkylation sites (tertiary alicyclic amines) is 1. The van der Waals surface area contributed by atoms with Crippen molar-refractivity contribution in [2.45, 2.75) is 32.4 Å². The highest BCUT2D eigenvalue weighted by Gasteiger charge is 2.27. The van der Waals surface area contributed by atoms with E-state index in [0.717, 1.165) is 18.9 Å². The molecule has 1 fully saturated rings. The van der Waals surface area contributed by atoms with Crippen LogP contribution in [-0.2, 0) is 11.3 Å². The van der Waals surface area contributed by atoms with Crippen LogP contribution in [0.5, 0.6) is 0 Å². The second-order valence-electron chi connectivity index (χ2n) is 5.82. The van der Waals surface area contributed by atoms with Crippen LogP contribution >= 0.6 is 11.3 Å². The molecule has 2 N–H and O–H groups in total. The molecule has 5 heteroatoms. The first-order valence-electron chi connectivity index (χ1n) is 7.30. The molecule has 2 atom stereocenters. The third kappa shape index (κ3) is 4.04. The summed E-state index contributed by atoms with van der Waals surface area (Å²) in [7, 11) is 1.88. The van der Waals surface area contributed by atoms with Gasteiger partial charge in [0.15, 0.2) is 0 Å². The molecule has 1 aromatic rings. The summed E-state index contributed by atoms with van der Waals surface area (Å²) >= 11 is 1.69. The van der Waals surface area contributed by atoms with Crippen molar-refractivity contribution < 1.29 is 4.79 Å². The number of amides is 1. The summed E-state index contributed by atoms with van der Waals surface area (Å²) in [6, 6.07) is 4.45. The third-order valence-corrected chi connectivity index (χ3v) is 4.97. The van der Waals surface area contributed by atoms with Crippen LogP contribution in [-0.4, -0.2) is 48.4 Å². The van der Waals surface area contributed by atoms with Gasteiger partial charge >= 0.3 is 0 Å². The summed E-state index contributed by atoms with van der Waals surface area (Å²) in [5, 5.41) is 2.05. The molecule has 0 aliphatic carbocycles. The minimum Gasteiger partial charge on any atom is -0.340 e. The lowest BCUT2D eigenvalue weighted by atomic mass is 9.92. The number of nitrogens with zero attached hydrogens (tertiary/aromatic N) is 2. The van der Waals surface area contributed by atoms with Crippen molar-refractivity contribution in [1.82, 2.24) is 9.80 Å². The normalized spacial score (nSPS) is 23.8. The summed E-state index contributed by atoms with van der Waals surface area (Å²) in [6.07, 6.45) is 2.27. The third-order valence-electron chi connectivity index (χ3n) is 4.11. The molecule has 4 nitrogen and oxygen atoms in total. The first-order valence-corrected chi connectivity index (χ1v) is 8.18. The zero-order chi connectivity index (χ0) is 14.5. The monoisotopic (exact) mass is 295 g/mol. The highest BCUT2D eigenvalue weighted by Crippen LogP contribution is 2.21. The number of carbonyl (C=O) groups excluding carboxylic acids is 1. The van der Waals surface area contributed by atoms with E-state index in [-0.39, 0.29) is 5.91 Å². The van der Waals surface area contributed by atoms with Crippen LogP contribution in [0.2, 0.25) is 0 Å². The van der Waals surface area contributed by atoms with Gasteiger partial charge in [-0.05, 0) is 36.8 Å². The molecule has 0 bridgehead atoms. The fourth-order valence-electron chi connectivity index (χ4n) is 2.77. The van der Waals surface area contributed by atoms with Crippen molar-refractivity contribution in [2.75, 3.05) is 26.7 Å². The number of nitrogens with two attached hydrogens (primary N) is 1. The molecular formula is C15H25N3OS. The molecule has 1 saturated heterocycles. The molecule has 20 heavy (non-hydrogen) atoms. The Morgan fingerprint density at radius 1 is 1.60 bits per heavy atom. The molecule has 112 valence electrons. The van der Waals surface area contributed by atoms with Crippen LogP contribution in [0.1, 0.15) is 24.6 Å². The Balaban J connectivity index is 1.86. The van der Waals surface area contributed by atoms with Crippen LogP contribution in [0, 0.1) is 5.92 Å². The molecular weight excluding hydrogens is 270 g/mol. The predicted molar refractivity (Wildman–Crippen MR) is 83.6 cm³/mol. The van der Waals surface area contributed by atoms with Crippen molar-refractivity contribution in [3.8, 4) is 0 Å². The Kier molecular flexibility index (Phi) is 5.57. The number of rotatable bonds is 5. The molecule has 0 aromatic carbocycles. The highest BCUT2D eigenvalue weighted by molar-refractivity contribution is 7.09. The van der Waals surface area contributed by atoms with Crippen molar-refractivity contribution in [3.05, 3.63) is 22.4 Å². The number of carbonyl (C=O) groups is 1. The van der Waals surface area contributed by atoms with Gasteiger partial charge in [-0.15, -0.1) is 11.3 Å². The zero-order valence-corrected chi connectivity index (χ0v) is 13.2. The summed E-state index contributed by atoms with van der Waals surface area (Å²) < 4.78 is 0. The maximum absolute atomic E-state index is 12.3. The Morgan fingerprint density at radius 2 is 2.40 bits per heavy atom. The minimum atomic E-state index is 0.186. The molecule has 0 spiro atoms. The fraction of sp³-hybridized carbons (Fsp3) is 0.667. The quantitative estimate of drug-likeness (QED) is 0.900. The van der Waals surface area contributed by atoms with Crippen LogP contribution in [0.25, 0.3) is 0 Å². The van der Waals surface area contributed by atoms with E-state index in [0.29, 0.717) is 25.7 Å². The van der Waals surface area contributed by atoms with Crippen molar-refractivity contribution in [3.63, 3.8) is 0 Å². The van der Waals surface area contributed by atoms with Gasteiger partial charge < -0.3 is 10.6 Å². The maximum Gasteiger partial charge on any atom is 0.236 e.